The summed E-state index contributed by atoms with van der Waals surface area (Å²) in [7, 11) is -5.03. The molecule has 6 unspecified atom stereocenters. The van der Waals surface area contributed by atoms with Crippen molar-refractivity contribution in [2.24, 2.45) is 0 Å². The Balaban J connectivity index is 2.38. The van der Waals surface area contributed by atoms with Crippen LogP contribution < -0.4 is 0 Å². The zero-order valence-electron chi connectivity index (χ0n) is 38.0. The molecule has 0 aromatic carbocycles. The van der Waals surface area contributed by atoms with Crippen molar-refractivity contribution in [3.63, 3.8) is 0 Å². The van der Waals surface area contributed by atoms with Crippen molar-refractivity contribution in [3.8, 4) is 0 Å². The average molecular weight is 879 g/mol. The Hall–Kier alpha value is -1.08. The summed E-state index contributed by atoms with van der Waals surface area (Å²) in [4.78, 5) is 23.2. The Morgan fingerprint density at radius 2 is 0.867 bits per heavy atom. The number of esters is 1. The van der Waals surface area contributed by atoms with Crippen LogP contribution in [0.5, 0.6) is 0 Å². The number of hydrogen-bond acceptors (Lipinski definition) is 11. The van der Waals surface area contributed by atoms with Gasteiger partial charge >= 0.3 is 13.8 Å². The first-order chi connectivity index (χ1) is 29.0. The van der Waals surface area contributed by atoms with Gasteiger partial charge in [0.25, 0.3) is 0 Å². The molecule has 1 rings (SSSR count). The van der Waals surface area contributed by atoms with Crippen molar-refractivity contribution >= 4 is 13.8 Å². The third-order valence-corrected chi connectivity index (χ3v) is 12.7. The molecule has 6 N–H and O–H groups in total. The molecule has 0 spiro atoms. The van der Waals surface area contributed by atoms with Crippen LogP contribution in [0.15, 0.2) is 12.3 Å². The number of hydrogen-bond donors (Lipinski definition) is 6. The number of rotatable bonds is 42. The molecule has 13 heteroatoms. The first-order valence-corrected chi connectivity index (χ1v) is 26.1. The predicted octanol–water partition coefficient (Wildman–Crippen LogP) is 10.7. The van der Waals surface area contributed by atoms with E-state index in [0.29, 0.717) is 6.42 Å². The van der Waals surface area contributed by atoms with Crippen molar-refractivity contribution in [2.45, 2.75) is 268 Å². The molecule has 0 aromatic heterocycles. The Kier molecular flexibility index (Phi) is 36.4. The Bertz CT molecular complexity index is 1050. The highest BCUT2D eigenvalue weighted by Gasteiger charge is 2.51. The largest absolute Gasteiger partial charge is 0.498 e. The first kappa shape index (κ1) is 56.9. The maximum Gasteiger partial charge on any atom is 0.472 e. The van der Waals surface area contributed by atoms with Gasteiger partial charge in [-0.1, -0.05) is 200 Å². The number of unbranched alkanes of at least 4 members (excludes halogenated alkanes) is 30. The molecular formula is C47H91O12P. The van der Waals surface area contributed by atoms with E-state index < -0.39 is 63.1 Å². The number of ether oxygens (including phenoxy) is 2. The van der Waals surface area contributed by atoms with Gasteiger partial charge in [-0.2, -0.15) is 0 Å². The van der Waals surface area contributed by atoms with E-state index in [1.54, 1.807) is 0 Å². The summed E-state index contributed by atoms with van der Waals surface area (Å²) in [5.41, 5.74) is 0. The summed E-state index contributed by atoms with van der Waals surface area (Å²) < 4.78 is 34.0. The van der Waals surface area contributed by atoms with Crippen molar-refractivity contribution in [1.29, 1.82) is 0 Å². The van der Waals surface area contributed by atoms with Crippen LogP contribution in [-0.2, 0) is 27.9 Å². The number of phosphoric acid groups is 1. The van der Waals surface area contributed by atoms with Crippen LogP contribution >= 0.6 is 7.82 Å². The lowest BCUT2D eigenvalue weighted by molar-refractivity contribution is -0.220. The fourth-order valence-corrected chi connectivity index (χ4v) is 8.77. The monoisotopic (exact) mass is 879 g/mol. The molecule has 1 fully saturated rings. The molecule has 1 saturated carbocycles. The van der Waals surface area contributed by atoms with Crippen LogP contribution in [0.25, 0.3) is 0 Å². The summed E-state index contributed by atoms with van der Waals surface area (Å²) in [5.74, 6) is -0.494. The first-order valence-electron chi connectivity index (χ1n) is 24.6. The van der Waals surface area contributed by atoms with Crippen LogP contribution in [0.4, 0.5) is 0 Å². The van der Waals surface area contributed by atoms with Crippen LogP contribution in [-0.4, -0.2) is 92.3 Å². The summed E-state index contributed by atoms with van der Waals surface area (Å²) in [5, 5.41) is 50.2. The second kappa shape index (κ2) is 38.4. The number of phosphoric ester groups is 1. The van der Waals surface area contributed by atoms with Crippen LogP contribution in [0.1, 0.15) is 226 Å². The lowest BCUT2D eigenvalue weighted by Gasteiger charge is -2.41. The number of aliphatic hydroxyl groups excluding tert-OH is 5. The quantitative estimate of drug-likeness (QED) is 0.0147. The van der Waals surface area contributed by atoms with Gasteiger partial charge in [0.15, 0.2) is 6.10 Å². The van der Waals surface area contributed by atoms with E-state index in [0.717, 1.165) is 38.5 Å². The minimum Gasteiger partial charge on any atom is -0.498 e. The van der Waals surface area contributed by atoms with Gasteiger partial charge in [0.05, 0.1) is 12.9 Å². The topological polar surface area (TPSA) is 192 Å². The minimum atomic E-state index is -5.03. The normalized spacial score (nSPS) is 22.3. The maximum absolute atomic E-state index is 12.8. The SMILES string of the molecule is CCCCCCCCCCCCCCCC/C=C\OC[C@H](COP(=O)(O)OC1C(O)C(O)C(O)[C@@H](O)C1O)OC(=O)CCCCCCCCCCCCCCCCCCC. The van der Waals surface area contributed by atoms with E-state index in [4.69, 9.17) is 18.5 Å². The molecule has 0 amide bonds. The van der Waals surface area contributed by atoms with E-state index in [1.807, 2.05) is 6.08 Å². The maximum atomic E-state index is 12.8. The minimum absolute atomic E-state index is 0.154. The zero-order valence-corrected chi connectivity index (χ0v) is 38.9. The van der Waals surface area contributed by atoms with E-state index in [1.165, 1.54) is 167 Å². The van der Waals surface area contributed by atoms with Crippen LogP contribution in [0, 0.1) is 0 Å². The molecular weight excluding hydrogens is 787 g/mol. The average Bonchev–Trinajstić information content (AvgIpc) is 3.23. The second-order valence-corrected chi connectivity index (χ2v) is 18.8. The molecule has 1 aliphatic rings. The second-order valence-electron chi connectivity index (χ2n) is 17.4. The Morgan fingerprint density at radius 1 is 0.517 bits per heavy atom. The smallest absolute Gasteiger partial charge is 0.472 e. The molecule has 0 saturated heterocycles. The van der Waals surface area contributed by atoms with E-state index in [9.17, 15) is 39.8 Å². The van der Waals surface area contributed by atoms with Gasteiger partial charge < -0.3 is 39.9 Å². The summed E-state index contributed by atoms with van der Waals surface area (Å²) in [6.07, 6.45) is 30.7. The lowest BCUT2D eigenvalue weighted by atomic mass is 9.85. The van der Waals surface area contributed by atoms with Crippen LogP contribution in [0.3, 0.4) is 0 Å². The van der Waals surface area contributed by atoms with E-state index in [-0.39, 0.29) is 13.0 Å². The van der Waals surface area contributed by atoms with Gasteiger partial charge in [-0.3, -0.25) is 13.8 Å². The number of aliphatic hydroxyl groups is 5. The number of carbonyl (C=O) groups excluding carboxylic acids is 1. The van der Waals surface area contributed by atoms with Gasteiger partial charge in [0.1, 0.15) is 43.2 Å². The van der Waals surface area contributed by atoms with Crippen molar-refractivity contribution in [3.05, 3.63) is 12.3 Å². The highest BCUT2D eigenvalue weighted by Crippen LogP contribution is 2.47. The Labute approximate surface area is 365 Å². The highest BCUT2D eigenvalue weighted by atomic mass is 31.2. The molecule has 12 nitrogen and oxygen atoms in total. The lowest BCUT2D eigenvalue weighted by Crippen LogP contribution is -2.64. The molecule has 0 bridgehead atoms. The van der Waals surface area contributed by atoms with Gasteiger partial charge in [0, 0.05) is 6.42 Å². The molecule has 356 valence electrons. The van der Waals surface area contributed by atoms with Gasteiger partial charge in [-0.25, -0.2) is 4.57 Å². The number of allylic oxidation sites excluding steroid dienone is 1. The highest BCUT2D eigenvalue weighted by molar-refractivity contribution is 7.47. The van der Waals surface area contributed by atoms with Gasteiger partial charge in [0.2, 0.25) is 0 Å². The van der Waals surface area contributed by atoms with Gasteiger partial charge in [-0.15, -0.1) is 0 Å². The molecule has 0 radical (unpaired) electrons. The fourth-order valence-electron chi connectivity index (χ4n) is 7.79. The molecule has 0 aromatic rings. The van der Waals surface area contributed by atoms with Crippen molar-refractivity contribution in [2.75, 3.05) is 13.2 Å². The molecule has 1 aliphatic carbocycles. The third kappa shape index (κ3) is 30.1. The molecule has 0 heterocycles. The standard InChI is InChI=1S/C47H91O12P/c1-3-5-7-9-11-13-15-17-19-21-22-24-26-28-30-32-34-36-41(48)58-40(39-57-60(54,55)59-47-45(52)43(50)42(49)44(51)46(47)53)38-56-37-35-33-31-29-27-25-23-20-18-16-14-12-10-8-6-4-2/h35,37,40,42-47,49-53H,3-34,36,38-39H2,1-2H3,(H,54,55)/b37-35-/t40-,42?,43-,44?,45?,46?,47?/m1/s1. The predicted molar refractivity (Wildman–Crippen MR) is 239 cm³/mol. The van der Waals surface area contributed by atoms with Crippen LogP contribution in [0.2, 0.25) is 0 Å². The Morgan fingerprint density at radius 3 is 1.27 bits per heavy atom. The zero-order chi connectivity index (χ0) is 44.1. The van der Waals surface area contributed by atoms with E-state index in [2.05, 4.69) is 13.8 Å². The van der Waals surface area contributed by atoms with Crippen molar-refractivity contribution in [1.82, 2.24) is 0 Å². The van der Waals surface area contributed by atoms with Crippen molar-refractivity contribution < 1.29 is 58.3 Å². The summed E-state index contributed by atoms with van der Waals surface area (Å²) in [6, 6.07) is 0. The summed E-state index contributed by atoms with van der Waals surface area (Å²) in [6.45, 7) is 3.76. The summed E-state index contributed by atoms with van der Waals surface area (Å²) >= 11 is 0. The van der Waals surface area contributed by atoms with E-state index >= 15 is 0 Å². The molecule has 60 heavy (non-hydrogen) atoms. The molecule has 8 atom stereocenters. The third-order valence-electron chi connectivity index (χ3n) is 11.7. The fraction of sp³-hybridized carbons (Fsp3) is 0.936. The molecule has 0 aliphatic heterocycles. The number of carbonyl (C=O) groups is 1. The van der Waals surface area contributed by atoms with Gasteiger partial charge in [-0.05, 0) is 25.3 Å².